The highest BCUT2D eigenvalue weighted by atomic mass is 14.9. The van der Waals surface area contributed by atoms with Crippen molar-refractivity contribution in [2.45, 2.75) is 46.6 Å². The van der Waals surface area contributed by atoms with Crippen LogP contribution >= 0.6 is 0 Å². The molecule has 1 aromatic rings. The van der Waals surface area contributed by atoms with Crippen LogP contribution in [-0.4, -0.2) is 12.1 Å². The average molecular weight is 220 g/mol. The molecule has 0 radical (unpaired) electrons. The van der Waals surface area contributed by atoms with E-state index in [1.165, 1.54) is 22.4 Å². The molecule has 0 aliphatic heterocycles. The fourth-order valence-electron chi connectivity index (χ4n) is 1.97. The Bertz CT molecular complexity index is 338. The van der Waals surface area contributed by atoms with E-state index in [0.29, 0.717) is 0 Å². The lowest BCUT2D eigenvalue weighted by Gasteiger charge is -2.20. The molecule has 90 valence electrons. The monoisotopic (exact) mass is 220 g/mol. The zero-order valence-electron chi connectivity index (χ0n) is 11.1. The van der Waals surface area contributed by atoms with E-state index in [-0.39, 0.29) is 5.54 Å². The van der Waals surface area contributed by atoms with E-state index in [0.717, 1.165) is 13.0 Å². The minimum atomic E-state index is -0.0977. The van der Waals surface area contributed by atoms with Gasteiger partial charge in [0.25, 0.3) is 0 Å². The van der Waals surface area contributed by atoms with Gasteiger partial charge in [0, 0.05) is 17.8 Å². The summed E-state index contributed by atoms with van der Waals surface area (Å²) in [6, 6.07) is 4.42. The molecule has 0 aliphatic carbocycles. The molecule has 3 N–H and O–H groups in total. The van der Waals surface area contributed by atoms with Gasteiger partial charge in [-0.05, 0) is 52.2 Å². The first kappa shape index (κ1) is 13.0. The van der Waals surface area contributed by atoms with Gasteiger partial charge in [-0.25, -0.2) is 0 Å². The molecule has 2 heteroatoms. The number of nitrogens with one attached hydrogen (secondary N) is 1. The van der Waals surface area contributed by atoms with Crippen molar-refractivity contribution in [1.82, 2.24) is 0 Å². The normalized spacial score (nSPS) is 11.6. The van der Waals surface area contributed by atoms with Gasteiger partial charge in [-0.1, -0.05) is 17.7 Å². The summed E-state index contributed by atoms with van der Waals surface area (Å²) in [6.45, 7) is 11.5. The van der Waals surface area contributed by atoms with Gasteiger partial charge >= 0.3 is 0 Å². The van der Waals surface area contributed by atoms with E-state index in [1.54, 1.807) is 0 Å². The fourth-order valence-corrected chi connectivity index (χ4v) is 1.97. The van der Waals surface area contributed by atoms with Crippen molar-refractivity contribution in [3.63, 3.8) is 0 Å². The fraction of sp³-hybridized carbons (Fsp3) is 0.571. The average Bonchev–Trinajstić information content (AvgIpc) is 2.07. The first-order chi connectivity index (χ1) is 7.29. The molecular formula is C14H24N2. The third-order valence-electron chi connectivity index (χ3n) is 2.75. The van der Waals surface area contributed by atoms with Crippen LogP contribution in [0.1, 0.15) is 37.0 Å². The van der Waals surface area contributed by atoms with E-state index in [1.807, 2.05) is 0 Å². The largest absolute Gasteiger partial charge is 0.385 e. The molecule has 0 saturated heterocycles. The van der Waals surface area contributed by atoms with Gasteiger partial charge in [-0.2, -0.15) is 0 Å². The topological polar surface area (TPSA) is 38.0 Å². The molecule has 0 spiro atoms. The van der Waals surface area contributed by atoms with Gasteiger partial charge in [0.2, 0.25) is 0 Å². The lowest BCUT2D eigenvalue weighted by molar-refractivity contribution is 0.490. The molecule has 0 aliphatic rings. The van der Waals surface area contributed by atoms with E-state index in [9.17, 15) is 0 Å². The lowest BCUT2D eigenvalue weighted by Crippen LogP contribution is -2.34. The molecule has 0 heterocycles. The summed E-state index contributed by atoms with van der Waals surface area (Å²) < 4.78 is 0. The minimum absolute atomic E-state index is 0.0977. The Morgan fingerprint density at radius 1 is 1.12 bits per heavy atom. The van der Waals surface area contributed by atoms with Crippen molar-refractivity contribution < 1.29 is 0 Å². The number of benzene rings is 1. The zero-order valence-corrected chi connectivity index (χ0v) is 11.1. The summed E-state index contributed by atoms with van der Waals surface area (Å²) >= 11 is 0. The summed E-state index contributed by atoms with van der Waals surface area (Å²) in [6.07, 6.45) is 0.972. The highest BCUT2D eigenvalue weighted by Crippen LogP contribution is 2.22. The van der Waals surface area contributed by atoms with Crippen LogP contribution in [0.5, 0.6) is 0 Å². The van der Waals surface area contributed by atoms with Gasteiger partial charge in [-0.3, -0.25) is 0 Å². The second kappa shape index (κ2) is 4.88. The number of rotatable bonds is 4. The number of hydrogen-bond acceptors (Lipinski definition) is 2. The first-order valence-corrected chi connectivity index (χ1v) is 5.90. The minimum Gasteiger partial charge on any atom is -0.385 e. The van der Waals surface area contributed by atoms with Crippen LogP contribution in [0.4, 0.5) is 5.69 Å². The van der Waals surface area contributed by atoms with Gasteiger partial charge in [-0.15, -0.1) is 0 Å². The maximum absolute atomic E-state index is 5.96. The highest BCUT2D eigenvalue weighted by molar-refractivity contribution is 5.58. The first-order valence-electron chi connectivity index (χ1n) is 5.90. The third kappa shape index (κ3) is 3.86. The van der Waals surface area contributed by atoms with Gasteiger partial charge in [0.05, 0.1) is 0 Å². The Morgan fingerprint density at radius 2 is 1.62 bits per heavy atom. The van der Waals surface area contributed by atoms with Crippen LogP contribution in [0.25, 0.3) is 0 Å². The van der Waals surface area contributed by atoms with Crippen LogP contribution in [-0.2, 0) is 0 Å². The summed E-state index contributed by atoms with van der Waals surface area (Å²) in [5, 5.41) is 3.48. The Labute approximate surface area is 99.2 Å². The predicted molar refractivity (Wildman–Crippen MR) is 72.0 cm³/mol. The molecule has 0 amide bonds. The Balaban J connectivity index is 2.68. The van der Waals surface area contributed by atoms with Gasteiger partial charge < -0.3 is 11.1 Å². The summed E-state index contributed by atoms with van der Waals surface area (Å²) in [4.78, 5) is 0. The summed E-state index contributed by atoms with van der Waals surface area (Å²) in [5.74, 6) is 0. The number of nitrogens with two attached hydrogens (primary N) is 1. The van der Waals surface area contributed by atoms with Crippen LogP contribution in [0.3, 0.4) is 0 Å². The van der Waals surface area contributed by atoms with Crippen molar-refractivity contribution >= 4 is 5.69 Å². The van der Waals surface area contributed by atoms with E-state index in [4.69, 9.17) is 5.73 Å². The predicted octanol–water partition coefficient (Wildman–Crippen LogP) is 3.15. The van der Waals surface area contributed by atoms with E-state index in [2.05, 4.69) is 52.1 Å². The smallest absolute Gasteiger partial charge is 0.0399 e. The van der Waals surface area contributed by atoms with Crippen molar-refractivity contribution in [3.8, 4) is 0 Å². The van der Waals surface area contributed by atoms with Gasteiger partial charge in [0.15, 0.2) is 0 Å². The second-order valence-corrected chi connectivity index (χ2v) is 5.44. The highest BCUT2D eigenvalue weighted by Gasteiger charge is 2.10. The molecule has 16 heavy (non-hydrogen) atoms. The van der Waals surface area contributed by atoms with Crippen LogP contribution in [0.2, 0.25) is 0 Å². The maximum atomic E-state index is 5.96. The SMILES string of the molecule is Cc1cc(C)c(NCCC(C)(C)N)c(C)c1. The molecule has 1 aromatic carbocycles. The molecule has 0 unspecified atom stereocenters. The maximum Gasteiger partial charge on any atom is 0.0399 e. The van der Waals surface area contributed by atoms with Crippen LogP contribution in [0, 0.1) is 20.8 Å². The molecule has 0 bridgehead atoms. The number of aryl methyl sites for hydroxylation is 3. The number of hydrogen-bond donors (Lipinski definition) is 2. The molecule has 0 atom stereocenters. The third-order valence-corrected chi connectivity index (χ3v) is 2.75. The molecule has 2 nitrogen and oxygen atoms in total. The molecule has 0 saturated carbocycles. The standard InChI is InChI=1S/C14H24N2/c1-10-8-11(2)13(12(3)9-10)16-7-6-14(4,5)15/h8-9,16H,6-7,15H2,1-5H3. The van der Waals surface area contributed by atoms with Crippen molar-refractivity contribution in [3.05, 3.63) is 28.8 Å². The summed E-state index contributed by atoms with van der Waals surface area (Å²) in [5.41, 5.74) is 11.1. The van der Waals surface area contributed by atoms with Crippen molar-refractivity contribution in [1.29, 1.82) is 0 Å². The zero-order chi connectivity index (χ0) is 12.3. The van der Waals surface area contributed by atoms with Crippen LogP contribution in [0.15, 0.2) is 12.1 Å². The van der Waals surface area contributed by atoms with Gasteiger partial charge in [0.1, 0.15) is 0 Å². The Kier molecular flexibility index (Phi) is 3.98. The van der Waals surface area contributed by atoms with E-state index >= 15 is 0 Å². The lowest BCUT2D eigenvalue weighted by atomic mass is 10.0. The molecule has 0 aromatic heterocycles. The van der Waals surface area contributed by atoms with Crippen molar-refractivity contribution in [2.24, 2.45) is 5.73 Å². The molecule has 1 rings (SSSR count). The van der Waals surface area contributed by atoms with Crippen molar-refractivity contribution in [2.75, 3.05) is 11.9 Å². The quantitative estimate of drug-likeness (QED) is 0.818. The Morgan fingerprint density at radius 3 is 2.06 bits per heavy atom. The number of anilines is 1. The van der Waals surface area contributed by atoms with Crippen LogP contribution < -0.4 is 11.1 Å². The molecule has 0 fully saturated rings. The second-order valence-electron chi connectivity index (χ2n) is 5.44. The summed E-state index contributed by atoms with van der Waals surface area (Å²) in [7, 11) is 0. The Hall–Kier alpha value is -1.02. The molecular weight excluding hydrogens is 196 g/mol. The van der Waals surface area contributed by atoms with E-state index < -0.39 is 0 Å².